The van der Waals surface area contributed by atoms with E-state index in [1.165, 1.54) is 27.2 Å². The first kappa shape index (κ1) is 24.8. The molecule has 0 radical (unpaired) electrons. The predicted molar refractivity (Wildman–Crippen MR) is 141 cm³/mol. The van der Waals surface area contributed by atoms with Crippen LogP contribution in [-0.4, -0.2) is 31.1 Å². The smallest absolute Gasteiger partial charge is 0.308 e. The van der Waals surface area contributed by atoms with Gasteiger partial charge in [-0.3, -0.25) is 14.6 Å². The van der Waals surface area contributed by atoms with Gasteiger partial charge < -0.3 is 19.5 Å². The maximum Gasteiger partial charge on any atom is 0.308 e. The van der Waals surface area contributed by atoms with Gasteiger partial charge >= 0.3 is 5.97 Å². The third-order valence-electron chi connectivity index (χ3n) is 5.33. The van der Waals surface area contributed by atoms with Crippen LogP contribution in [0.25, 0.3) is 28.1 Å². The first-order valence-corrected chi connectivity index (χ1v) is 11.3. The lowest BCUT2D eigenvalue weighted by Crippen LogP contribution is -2.09. The molecule has 0 aliphatic carbocycles. The van der Waals surface area contributed by atoms with Crippen molar-refractivity contribution in [1.29, 1.82) is 0 Å². The van der Waals surface area contributed by atoms with Gasteiger partial charge in [0, 0.05) is 34.5 Å². The Bertz CT molecular complexity index is 1460. The number of carbonyl (C=O) groups is 2. The van der Waals surface area contributed by atoms with Crippen LogP contribution >= 0.6 is 11.6 Å². The number of halogens is 1. The number of hydrogen-bond donors (Lipinski definition) is 1. The molecule has 0 spiro atoms. The lowest BCUT2D eigenvalue weighted by atomic mass is 9.99. The van der Waals surface area contributed by atoms with Gasteiger partial charge in [-0.1, -0.05) is 48.0 Å². The highest BCUT2D eigenvalue weighted by atomic mass is 35.5. The highest BCUT2D eigenvalue weighted by Gasteiger charge is 2.17. The molecule has 0 aliphatic rings. The zero-order valence-electron chi connectivity index (χ0n) is 19.9. The Hall–Kier alpha value is -4.36. The minimum atomic E-state index is -0.507. The van der Waals surface area contributed by atoms with Gasteiger partial charge in [-0.25, -0.2) is 0 Å². The fourth-order valence-corrected chi connectivity index (χ4v) is 4.01. The van der Waals surface area contributed by atoms with Crippen LogP contribution in [0.1, 0.15) is 12.5 Å². The largest absolute Gasteiger partial charge is 0.493 e. The highest BCUT2D eigenvalue weighted by molar-refractivity contribution is 6.34. The van der Waals surface area contributed by atoms with E-state index in [9.17, 15) is 9.59 Å². The number of rotatable bonds is 7. The van der Waals surface area contributed by atoms with Crippen molar-refractivity contribution in [2.75, 3.05) is 19.5 Å². The zero-order valence-corrected chi connectivity index (χ0v) is 20.6. The predicted octanol–water partition coefficient (Wildman–Crippen LogP) is 6.15. The number of esters is 1. The molecule has 182 valence electrons. The fourth-order valence-electron chi connectivity index (χ4n) is 3.78. The Morgan fingerprint density at radius 2 is 1.64 bits per heavy atom. The first-order valence-electron chi connectivity index (χ1n) is 11.0. The summed E-state index contributed by atoms with van der Waals surface area (Å²) in [6.45, 7) is 1.29. The molecule has 0 saturated carbocycles. The van der Waals surface area contributed by atoms with Crippen molar-refractivity contribution < 1.29 is 23.8 Å². The number of nitrogens with zero attached hydrogens (tertiary/aromatic N) is 1. The summed E-state index contributed by atoms with van der Waals surface area (Å²) in [6.07, 6.45) is 4.60. The number of ether oxygens (including phenoxy) is 3. The number of anilines is 1. The van der Waals surface area contributed by atoms with Gasteiger partial charge in [0.1, 0.15) is 0 Å². The summed E-state index contributed by atoms with van der Waals surface area (Å²) in [5.74, 6) is -0.121. The molecule has 1 aromatic heterocycles. The summed E-state index contributed by atoms with van der Waals surface area (Å²) in [7, 11) is 2.90. The van der Waals surface area contributed by atoms with Crippen LogP contribution in [0, 0.1) is 0 Å². The van der Waals surface area contributed by atoms with E-state index >= 15 is 0 Å². The summed E-state index contributed by atoms with van der Waals surface area (Å²) in [5.41, 5.74) is 3.48. The Morgan fingerprint density at radius 3 is 2.31 bits per heavy atom. The Labute approximate surface area is 213 Å². The SMILES string of the molecule is COc1cc(/C=C/C(=O)Nc2cnc3ccccc3c2-c2ccccc2Cl)cc(OC)c1OC(C)=O. The molecule has 7 nitrogen and oxygen atoms in total. The minimum absolute atomic E-state index is 0.167. The van der Waals surface area contributed by atoms with Gasteiger partial charge in [0.05, 0.1) is 31.6 Å². The van der Waals surface area contributed by atoms with E-state index in [2.05, 4.69) is 10.3 Å². The third-order valence-corrected chi connectivity index (χ3v) is 5.66. The Balaban J connectivity index is 1.67. The number of pyridine rings is 1. The number of aromatic nitrogens is 1. The topological polar surface area (TPSA) is 86.8 Å². The van der Waals surface area contributed by atoms with Crippen molar-refractivity contribution >= 4 is 46.1 Å². The normalized spacial score (nSPS) is 10.9. The molecule has 8 heteroatoms. The molecule has 3 aromatic carbocycles. The third kappa shape index (κ3) is 5.31. The van der Waals surface area contributed by atoms with E-state index in [-0.39, 0.29) is 11.7 Å². The van der Waals surface area contributed by atoms with Crippen molar-refractivity contribution in [2.45, 2.75) is 6.92 Å². The van der Waals surface area contributed by atoms with Gasteiger partial charge in [-0.05, 0) is 35.9 Å². The van der Waals surface area contributed by atoms with Crippen LogP contribution in [0.3, 0.4) is 0 Å². The first-order chi connectivity index (χ1) is 17.4. The average Bonchev–Trinajstić information content (AvgIpc) is 2.88. The van der Waals surface area contributed by atoms with Crippen LogP contribution in [0.2, 0.25) is 5.02 Å². The highest BCUT2D eigenvalue weighted by Crippen LogP contribution is 2.40. The molecule has 0 saturated heterocycles. The monoisotopic (exact) mass is 502 g/mol. The number of amides is 1. The van der Waals surface area contributed by atoms with Crippen molar-refractivity contribution in [2.24, 2.45) is 0 Å². The molecule has 0 fully saturated rings. The van der Waals surface area contributed by atoms with Crippen LogP contribution in [0.4, 0.5) is 5.69 Å². The summed E-state index contributed by atoms with van der Waals surface area (Å²) in [4.78, 5) is 28.9. The lowest BCUT2D eigenvalue weighted by Gasteiger charge is -2.14. The van der Waals surface area contributed by atoms with Crippen molar-refractivity contribution in [1.82, 2.24) is 4.98 Å². The molecule has 0 bridgehead atoms. The van der Waals surface area contributed by atoms with Crippen LogP contribution in [0.15, 0.2) is 72.9 Å². The second kappa shape index (κ2) is 10.9. The summed E-state index contributed by atoms with van der Waals surface area (Å²) < 4.78 is 15.9. The Kier molecular flexibility index (Phi) is 7.51. The second-order valence-electron chi connectivity index (χ2n) is 7.71. The molecule has 36 heavy (non-hydrogen) atoms. The van der Waals surface area contributed by atoms with Gasteiger partial charge in [-0.2, -0.15) is 0 Å². The maximum atomic E-state index is 12.9. The molecule has 1 amide bonds. The molecular weight excluding hydrogens is 480 g/mol. The van der Waals surface area contributed by atoms with Gasteiger partial charge in [0.15, 0.2) is 11.5 Å². The number of fused-ring (bicyclic) bond motifs is 1. The van der Waals surface area contributed by atoms with E-state index in [0.717, 1.165) is 22.0 Å². The average molecular weight is 503 g/mol. The van der Waals surface area contributed by atoms with Gasteiger partial charge in [-0.15, -0.1) is 0 Å². The molecule has 0 aliphatic heterocycles. The van der Waals surface area contributed by atoms with E-state index in [1.54, 1.807) is 30.5 Å². The molecule has 1 heterocycles. The molecule has 0 atom stereocenters. The minimum Gasteiger partial charge on any atom is -0.493 e. The molecule has 1 N–H and O–H groups in total. The van der Waals surface area contributed by atoms with Crippen molar-refractivity contribution in [3.8, 4) is 28.4 Å². The van der Waals surface area contributed by atoms with E-state index < -0.39 is 5.97 Å². The van der Waals surface area contributed by atoms with Gasteiger partial charge in [0.25, 0.3) is 0 Å². The Morgan fingerprint density at radius 1 is 0.972 bits per heavy atom. The zero-order chi connectivity index (χ0) is 25.7. The summed E-state index contributed by atoms with van der Waals surface area (Å²) in [5, 5.41) is 4.34. The molecule has 0 unspecified atom stereocenters. The summed E-state index contributed by atoms with van der Waals surface area (Å²) >= 11 is 6.51. The molecule has 4 rings (SSSR count). The van der Waals surface area contributed by atoms with Crippen LogP contribution < -0.4 is 19.5 Å². The number of methoxy groups -OCH3 is 2. The lowest BCUT2D eigenvalue weighted by molar-refractivity contribution is -0.132. The molecular formula is C28H23ClN2O5. The number of para-hydroxylation sites is 1. The van der Waals surface area contributed by atoms with E-state index in [1.807, 2.05) is 42.5 Å². The number of carbonyl (C=O) groups excluding carboxylic acids is 2. The van der Waals surface area contributed by atoms with Crippen LogP contribution in [0.5, 0.6) is 17.2 Å². The fraction of sp³-hybridized carbons (Fsp3) is 0.107. The number of nitrogens with one attached hydrogen (secondary N) is 1. The van der Waals surface area contributed by atoms with Crippen LogP contribution in [-0.2, 0) is 9.59 Å². The molecule has 4 aromatic rings. The quantitative estimate of drug-likeness (QED) is 0.185. The number of hydrogen-bond acceptors (Lipinski definition) is 6. The number of benzene rings is 3. The van der Waals surface area contributed by atoms with Gasteiger partial charge in [0.2, 0.25) is 11.7 Å². The van der Waals surface area contributed by atoms with E-state index in [4.69, 9.17) is 25.8 Å². The maximum absolute atomic E-state index is 12.9. The summed E-state index contributed by atoms with van der Waals surface area (Å²) in [6, 6.07) is 18.4. The van der Waals surface area contributed by atoms with Crippen molar-refractivity contribution in [3.05, 3.63) is 83.5 Å². The van der Waals surface area contributed by atoms with E-state index in [0.29, 0.717) is 27.8 Å². The van der Waals surface area contributed by atoms with Crippen molar-refractivity contribution in [3.63, 3.8) is 0 Å². The standard InChI is InChI=1S/C28H23ClN2O5/c1-17(32)36-28-24(34-2)14-18(15-25(28)35-3)12-13-26(33)31-23-16-30-22-11-7-5-9-20(22)27(23)19-8-4-6-10-21(19)29/h4-16H,1-3H3,(H,31,33)/b13-12+. The second-order valence-corrected chi connectivity index (χ2v) is 8.12.